The molecule has 472 valence electrons. The molecular formula is C42H48F2N18O18P4S4. The van der Waals surface area contributed by atoms with Crippen LogP contribution in [-0.2, 0) is 102 Å². The number of nitrogens with zero attached hydrogens (tertiary/aromatic N) is 12. The van der Waals surface area contributed by atoms with E-state index in [1.165, 1.54) is 21.5 Å². The van der Waals surface area contributed by atoms with E-state index in [9.17, 15) is 29.2 Å². The first-order valence-corrected chi connectivity index (χ1v) is 36.3. The molecule has 6 saturated heterocycles. The Morgan fingerprint density at radius 2 is 0.909 bits per heavy atom. The third-order valence-electron chi connectivity index (χ3n) is 14.6. The normalized spacial score (nSPS) is 36.6. The van der Waals surface area contributed by atoms with Crippen LogP contribution in [0.5, 0.6) is 0 Å². The molecule has 18 atom stereocenters. The highest BCUT2D eigenvalue weighted by molar-refractivity contribution is 8.08. The average molecular weight is 1380 g/mol. The number of ether oxygens (including phenoxy) is 4. The summed E-state index contributed by atoms with van der Waals surface area (Å²) in [5.41, 5.74) is 23.5. The summed E-state index contributed by atoms with van der Waals surface area (Å²) in [7, 11) is 0. The van der Waals surface area contributed by atoms with Crippen LogP contribution >= 0.6 is 26.9 Å². The van der Waals surface area contributed by atoms with Gasteiger partial charge in [0.1, 0.15) is 47.9 Å². The van der Waals surface area contributed by atoms with Crippen LogP contribution in [-0.4, -0.2) is 176 Å². The number of hydrogen-bond acceptors (Lipinski definition) is 30. The zero-order valence-corrected chi connectivity index (χ0v) is 51.1. The number of hydrogen-bond donors (Lipinski definition) is 10. The highest BCUT2D eigenvalue weighted by atomic mass is 32.5. The lowest BCUT2D eigenvalue weighted by atomic mass is 10.1. The SMILES string of the molecule is Nc1nc2c(nnn2[C@@H]2O[C@@H]3COP(O)(=S)O[C@H]4[C@H](F)[C@H](n5ccc6c(N)ccnc65)O[C@@H]4COP(O)(=S)O[C@@H]2C3)c(=O)[nH]1.Nc1nc2c(nnn2[C@@H]2O[C@@H]3COP(O)(=S)O[C@H]4[C@H](F)[C@H](n5ccc6c(N)ccnc65)O[C@@H]4COP(O)(=S)O[C@@H]2C3)c(=O)[nH]1. The monoisotopic (exact) mass is 1380 g/mol. The Balaban J connectivity index is 0.000000162. The summed E-state index contributed by atoms with van der Waals surface area (Å²) in [6.07, 6.45) is -11.7. The smallest absolute Gasteiger partial charge is 0.325 e. The summed E-state index contributed by atoms with van der Waals surface area (Å²) in [6, 6.07) is 6.52. The molecule has 14 N–H and O–H groups in total. The minimum Gasteiger partial charge on any atom is -0.398 e. The van der Waals surface area contributed by atoms with Gasteiger partial charge in [-0.05, 0) is 71.5 Å². The molecule has 4 bridgehead atoms. The highest BCUT2D eigenvalue weighted by Gasteiger charge is 2.54. The fourth-order valence-electron chi connectivity index (χ4n) is 10.7. The third-order valence-corrected chi connectivity index (χ3v) is 20.9. The Hall–Kier alpha value is -5.04. The Morgan fingerprint density at radius 1 is 0.523 bits per heavy atom. The van der Waals surface area contributed by atoms with E-state index < -0.39 is 137 Å². The molecule has 14 rings (SSSR count). The third kappa shape index (κ3) is 12.1. The number of nitrogen functional groups attached to an aromatic ring is 4. The van der Waals surface area contributed by atoms with Gasteiger partial charge < -0.3 is 97.7 Å². The molecule has 14 heterocycles. The first-order chi connectivity index (χ1) is 41.8. The van der Waals surface area contributed by atoms with Gasteiger partial charge in [-0.3, -0.25) is 28.6 Å². The molecule has 0 spiro atoms. The molecule has 6 aliphatic rings. The number of H-pyrrole nitrogens is 2. The molecular weight excluding hydrogens is 1330 g/mol. The predicted molar refractivity (Wildman–Crippen MR) is 313 cm³/mol. The summed E-state index contributed by atoms with van der Waals surface area (Å²) in [5, 5.41) is 16.7. The number of halogens is 2. The van der Waals surface area contributed by atoms with Crippen molar-refractivity contribution in [3.05, 3.63) is 69.8 Å². The minimum absolute atomic E-state index is 0.0219. The van der Waals surface area contributed by atoms with E-state index in [0.29, 0.717) is 33.4 Å². The van der Waals surface area contributed by atoms with Gasteiger partial charge in [0.05, 0.1) is 38.6 Å². The van der Waals surface area contributed by atoms with Crippen LogP contribution in [0.3, 0.4) is 0 Å². The number of anilines is 4. The Labute approximate surface area is 509 Å². The number of aromatic amines is 2. The van der Waals surface area contributed by atoms with Crippen LogP contribution in [0.2, 0.25) is 0 Å². The van der Waals surface area contributed by atoms with Gasteiger partial charge in [0.25, 0.3) is 11.1 Å². The standard InChI is InChI=1S/2C21H24FN9O9P2S2/c2*22-13-15-12(38-20(13)30-4-2-9-10(23)1-3-25-16(9)30)7-36-41(33,43)39-11-5-8(6-35-42(34,44)40-15)37-19(11)31-17-14(28-29-31)18(32)27-21(24)26-17/h2*1-4,8,11-13,15,19-20H,5-7H2,(H2,23,25)(H,33,43)(H,34,44)(H3,24,26,27,32)/t2*8-,11+,12+,13-,15+,19+,20+,41?,42?/m00/s1. The van der Waals surface area contributed by atoms with Gasteiger partial charge in [0.2, 0.25) is 11.9 Å². The van der Waals surface area contributed by atoms with Crippen molar-refractivity contribution in [2.24, 2.45) is 0 Å². The lowest BCUT2D eigenvalue weighted by Gasteiger charge is -2.27. The lowest BCUT2D eigenvalue weighted by Crippen LogP contribution is -2.34. The van der Waals surface area contributed by atoms with Crippen LogP contribution in [0.1, 0.15) is 37.8 Å². The minimum atomic E-state index is -4.11. The van der Waals surface area contributed by atoms with E-state index >= 15 is 8.78 Å². The van der Waals surface area contributed by atoms with Crippen LogP contribution in [0.15, 0.2) is 58.6 Å². The molecule has 4 unspecified atom stereocenters. The molecule has 0 amide bonds. The molecule has 0 saturated carbocycles. The Kier molecular flexibility index (Phi) is 16.6. The molecule has 6 aliphatic heterocycles. The van der Waals surface area contributed by atoms with Crippen LogP contribution < -0.4 is 34.1 Å². The predicted octanol–water partition coefficient (Wildman–Crippen LogP) is 1.01. The molecule has 0 aromatic carbocycles. The van der Waals surface area contributed by atoms with E-state index in [1.54, 1.807) is 36.7 Å². The maximum absolute atomic E-state index is 16.0. The first kappa shape index (κ1) is 61.8. The van der Waals surface area contributed by atoms with Crippen molar-refractivity contribution in [3.63, 3.8) is 0 Å². The van der Waals surface area contributed by atoms with E-state index in [0.717, 1.165) is 9.36 Å². The summed E-state index contributed by atoms with van der Waals surface area (Å²) in [6.45, 7) is -18.1. The van der Waals surface area contributed by atoms with Crippen LogP contribution in [0.4, 0.5) is 32.1 Å². The van der Waals surface area contributed by atoms with E-state index in [1.807, 2.05) is 0 Å². The second-order valence-electron chi connectivity index (χ2n) is 20.3. The second kappa shape index (κ2) is 23.6. The first-order valence-electron chi connectivity index (χ1n) is 25.9. The van der Waals surface area contributed by atoms with Crippen LogP contribution in [0, 0.1) is 0 Å². The quantitative estimate of drug-likeness (QED) is 0.110. The largest absolute Gasteiger partial charge is 0.398 e. The van der Waals surface area contributed by atoms with Crippen molar-refractivity contribution in [1.29, 1.82) is 0 Å². The van der Waals surface area contributed by atoms with Gasteiger partial charge in [-0.15, -0.1) is 10.2 Å². The van der Waals surface area contributed by atoms with Gasteiger partial charge in [-0.2, -0.15) is 19.3 Å². The Bertz CT molecular complexity index is 4090. The number of nitrogens with one attached hydrogen (secondary N) is 2. The van der Waals surface area contributed by atoms with Gasteiger partial charge in [-0.25, -0.2) is 18.7 Å². The summed E-state index contributed by atoms with van der Waals surface area (Å²) >= 11 is 21.0. The van der Waals surface area contributed by atoms with Crippen molar-refractivity contribution in [2.45, 2.75) is 98.9 Å². The Morgan fingerprint density at radius 3 is 1.32 bits per heavy atom. The summed E-state index contributed by atoms with van der Waals surface area (Å²) in [5.74, 6) is -0.389. The van der Waals surface area contributed by atoms with Crippen molar-refractivity contribution >= 4 is 142 Å². The topological polar surface area (TPSA) is 484 Å². The number of aromatic nitrogens is 14. The highest BCUT2D eigenvalue weighted by Crippen LogP contribution is 2.57. The fraction of sp³-hybridized carbons (Fsp3) is 0.476. The number of rotatable bonds is 4. The van der Waals surface area contributed by atoms with Gasteiger partial charge in [0.15, 0.2) is 59.6 Å². The molecule has 88 heavy (non-hydrogen) atoms. The average Bonchev–Trinajstić information content (AvgIpc) is 1.87. The molecule has 8 aromatic rings. The molecule has 0 radical (unpaired) electrons. The van der Waals surface area contributed by atoms with Crippen molar-refractivity contribution in [2.75, 3.05) is 49.4 Å². The second-order valence-corrected chi connectivity index (χ2v) is 31.5. The summed E-state index contributed by atoms with van der Waals surface area (Å²) < 4.78 is 106. The van der Waals surface area contributed by atoms with E-state index in [4.69, 9.17) is 125 Å². The van der Waals surface area contributed by atoms with Gasteiger partial charge in [0, 0.05) is 59.8 Å². The molecule has 6 fully saturated rings. The van der Waals surface area contributed by atoms with Crippen molar-refractivity contribution < 1.29 is 83.5 Å². The molecule has 46 heteroatoms. The maximum Gasteiger partial charge on any atom is 0.325 e. The van der Waals surface area contributed by atoms with E-state index in [-0.39, 0.29) is 60.3 Å². The number of alkyl halides is 2. The zero-order valence-electron chi connectivity index (χ0n) is 44.3. The van der Waals surface area contributed by atoms with Crippen molar-refractivity contribution in [1.82, 2.24) is 69.0 Å². The number of fused-ring (bicyclic) bond motifs is 10. The number of pyridine rings is 2. The number of nitrogens with two attached hydrogens (primary N) is 4. The van der Waals surface area contributed by atoms with Gasteiger partial charge >= 0.3 is 26.9 Å². The molecule has 36 nitrogen and oxygen atoms in total. The molecule has 8 aromatic heterocycles. The maximum atomic E-state index is 16.0. The zero-order chi connectivity index (χ0) is 61.9. The lowest BCUT2D eigenvalue weighted by molar-refractivity contribution is -0.0636. The van der Waals surface area contributed by atoms with E-state index in [2.05, 4.69) is 50.5 Å². The fourth-order valence-corrected chi connectivity index (χ4v) is 16.5. The summed E-state index contributed by atoms with van der Waals surface area (Å²) in [4.78, 5) is 89.9. The van der Waals surface area contributed by atoms with Crippen LogP contribution in [0.25, 0.3) is 44.4 Å². The van der Waals surface area contributed by atoms with Crippen molar-refractivity contribution in [3.8, 4) is 0 Å². The van der Waals surface area contributed by atoms with Gasteiger partial charge in [-0.1, -0.05) is 10.4 Å². The molecule has 0 aliphatic carbocycles.